The van der Waals surface area contributed by atoms with E-state index in [2.05, 4.69) is 243 Å². The van der Waals surface area contributed by atoms with Crippen LogP contribution in [0.25, 0.3) is 55.6 Å². The molecule has 0 heterocycles. The highest BCUT2D eigenvalue weighted by Crippen LogP contribution is 2.67. The maximum atomic E-state index is 2.65. The zero-order valence-electron chi connectivity index (χ0n) is 36.8. The normalized spacial score (nSPS) is 15.5. The molecule has 5 aliphatic rings. The third kappa shape index (κ3) is 4.15. The fourth-order valence-electron chi connectivity index (χ4n) is 13.9. The highest BCUT2D eigenvalue weighted by molar-refractivity contribution is 6.03. The first kappa shape index (κ1) is 36.4. The van der Waals surface area contributed by atoms with Crippen molar-refractivity contribution in [3.63, 3.8) is 0 Å². The summed E-state index contributed by atoms with van der Waals surface area (Å²) >= 11 is 0. The van der Waals surface area contributed by atoms with Gasteiger partial charge in [-0.2, -0.15) is 0 Å². The SMILES string of the molecule is CC1(C)c2ccccc2-c2cccc(N(c3ccc4c(c3)C3(c5ccccc5-c5ccccc53)c3ccccc3-4)c3cccc4c3-c3ccccc3C43c4ccccc4-c4ccccc43)c21. The van der Waals surface area contributed by atoms with Crippen molar-refractivity contribution >= 4 is 17.1 Å². The van der Waals surface area contributed by atoms with Crippen LogP contribution in [0.4, 0.5) is 17.1 Å². The molecule has 0 aliphatic heterocycles. The molecule has 0 amide bonds. The average Bonchev–Trinajstić information content (AvgIpc) is 4.11. The lowest BCUT2D eigenvalue weighted by Gasteiger charge is -2.35. The monoisotopic (exact) mass is 837 g/mol. The molecule has 2 spiro atoms. The van der Waals surface area contributed by atoms with Crippen LogP contribution in [0.3, 0.4) is 0 Å². The minimum absolute atomic E-state index is 0.251. The van der Waals surface area contributed by atoms with Gasteiger partial charge in [-0.1, -0.05) is 214 Å². The van der Waals surface area contributed by atoms with Crippen molar-refractivity contribution in [3.05, 3.63) is 280 Å². The Bertz CT molecular complexity index is 3660. The van der Waals surface area contributed by atoms with Crippen LogP contribution in [0.2, 0.25) is 0 Å². The van der Waals surface area contributed by atoms with Crippen molar-refractivity contribution in [1.82, 2.24) is 0 Å². The molecule has 0 saturated carbocycles. The van der Waals surface area contributed by atoms with Gasteiger partial charge in [0.15, 0.2) is 0 Å². The van der Waals surface area contributed by atoms with Crippen LogP contribution >= 0.6 is 0 Å². The van der Waals surface area contributed by atoms with Gasteiger partial charge in [0, 0.05) is 16.7 Å². The maximum absolute atomic E-state index is 2.65. The summed E-state index contributed by atoms with van der Waals surface area (Å²) in [5.41, 5.74) is 29.0. The van der Waals surface area contributed by atoms with E-state index in [1.54, 1.807) is 0 Å². The van der Waals surface area contributed by atoms with Crippen LogP contribution in [0.1, 0.15) is 69.5 Å². The molecule has 0 bridgehead atoms. The van der Waals surface area contributed by atoms with Gasteiger partial charge in [-0.15, -0.1) is 0 Å². The third-order valence-electron chi connectivity index (χ3n) is 16.3. The summed E-state index contributed by atoms with van der Waals surface area (Å²) in [5.74, 6) is 0. The van der Waals surface area contributed by atoms with Crippen molar-refractivity contribution < 1.29 is 0 Å². The summed E-state index contributed by atoms with van der Waals surface area (Å²) < 4.78 is 0. The molecule has 10 aromatic carbocycles. The first-order valence-corrected chi connectivity index (χ1v) is 23.4. The molecule has 0 unspecified atom stereocenters. The minimum Gasteiger partial charge on any atom is -0.310 e. The highest BCUT2D eigenvalue weighted by atomic mass is 15.2. The van der Waals surface area contributed by atoms with Gasteiger partial charge >= 0.3 is 0 Å². The maximum Gasteiger partial charge on any atom is 0.0726 e. The van der Waals surface area contributed by atoms with Crippen LogP contribution in [0, 0.1) is 0 Å². The molecule has 0 radical (unpaired) electrons. The van der Waals surface area contributed by atoms with Crippen LogP contribution < -0.4 is 4.90 Å². The Labute approximate surface area is 386 Å². The van der Waals surface area contributed by atoms with Gasteiger partial charge in [-0.25, -0.2) is 0 Å². The topological polar surface area (TPSA) is 3.24 Å². The summed E-state index contributed by atoms with van der Waals surface area (Å²) in [7, 11) is 0. The van der Waals surface area contributed by atoms with E-state index in [0.29, 0.717) is 0 Å². The zero-order valence-corrected chi connectivity index (χ0v) is 36.8. The molecular weight excluding hydrogens is 795 g/mol. The number of benzene rings is 10. The molecule has 0 fully saturated rings. The van der Waals surface area contributed by atoms with Gasteiger partial charge in [0.1, 0.15) is 0 Å². The fourth-order valence-corrected chi connectivity index (χ4v) is 13.9. The van der Waals surface area contributed by atoms with Gasteiger partial charge in [0.25, 0.3) is 0 Å². The molecule has 1 heteroatoms. The molecule has 10 aromatic rings. The summed E-state index contributed by atoms with van der Waals surface area (Å²) in [6, 6.07) is 85.6. The predicted octanol–water partition coefficient (Wildman–Crippen LogP) is 16.1. The second-order valence-electron chi connectivity index (χ2n) is 19.4. The first-order valence-electron chi connectivity index (χ1n) is 23.4. The second-order valence-corrected chi connectivity index (χ2v) is 19.4. The lowest BCUT2D eigenvalue weighted by atomic mass is 9.70. The number of hydrogen-bond acceptors (Lipinski definition) is 1. The number of nitrogens with zero attached hydrogens (tertiary/aromatic N) is 1. The molecule has 308 valence electrons. The fraction of sp³-hybridized carbons (Fsp3) is 0.0769. The molecule has 1 nitrogen and oxygen atoms in total. The standard InChI is InChI=1S/C65H43N/c1-63(2)50-27-10-3-24-46(50)48-26-17-36-60(62(48)63)66(40-37-38-47-45-23-8-15-32-55(45)65(58(47)39-40)53-30-13-6-21-43(53)44-22-7-14-31-54(44)65)59-35-18-34-57-61(59)49-25-9-16-33-56(49)64(57)51-28-11-4-19-41(51)42-20-5-12-29-52(42)64/h3-39H,1-2H3. The Morgan fingerprint density at radius 1 is 0.273 bits per heavy atom. The van der Waals surface area contributed by atoms with Crippen molar-refractivity contribution in [2.24, 2.45) is 0 Å². The van der Waals surface area contributed by atoms with Crippen molar-refractivity contribution in [3.8, 4) is 55.6 Å². The van der Waals surface area contributed by atoms with Crippen molar-refractivity contribution in [1.29, 1.82) is 0 Å². The molecule has 0 aromatic heterocycles. The van der Waals surface area contributed by atoms with E-state index in [-0.39, 0.29) is 5.41 Å². The Hall–Kier alpha value is -8.00. The minimum atomic E-state index is -0.471. The Morgan fingerprint density at radius 2 is 0.621 bits per heavy atom. The van der Waals surface area contributed by atoms with Gasteiger partial charge in [-0.05, 0) is 130 Å². The summed E-state index contributed by atoms with van der Waals surface area (Å²) in [4.78, 5) is 2.65. The van der Waals surface area contributed by atoms with Crippen LogP contribution in [0.5, 0.6) is 0 Å². The van der Waals surface area contributed by atoms with Crippen LogP contribution in [-0.2, 0) is 16.2 Å². The molecule has 0 atom stereocenters. The number of hydrogen-bond donors (Lipinski definition) is 0. The molecule has 15 rings (SSSR count). The third-order valence-corrected chi connectivity index (χ3v) is 16.3. The van der Waals surface area contributed by atoms with Gasteiger partial charge < -0.3 is 4.90 Å². The number of rotatable bonds is 3. The first-order chi connectivity index (χ1) is 32.5. The molecule has 0 saturated heterocycles. The van der Waals surface area contributed by atoms with Crippen molar-refractivity contribution in [2.45, 2.75) is 30.1 Å². The lowest BCUT2D eigenvalue weighted by molar-refractivity contribution is 0.661. The molecule has 0 N–H and O–H groups in total. The quantitative estimate of drug-likeness (QED) is 0.171. The largest absolute Gasteiger partial charge is 0.310 e. The summed E-state index contributed by atoms with van der Waals surface area (Å²) in [6.45, 7) is 4.85. The Morgan fingerprint density at radius 3 is 1.14 bits per heavy atom. The van der Waals surface area contributed by atoms with E-state index in [0.717, 1.165) is 5.69 Å². The molecular formula is C65H43N. The van der Waals surface area contributed by atoms with Gasteiger partial charge in [0.2, 0.25) is 0 Å². The average molecular weight is 838 g/mol. The predicted molar refractivity (Wildman–Crippen MR) is 271 cm³/mol. The second kappa shape index (κ2) is 12.6. The molecule has 66 heavy (non-hydrogen) atoms. The zero-order chi connectivity index (χ0) is 43.5. The van der Waals surface area contributed by atoms with Gasteiger partial charge in [-0.3, -0.25) is 0 Å². The Kier molecular flexibility index (Phi) is 6.95. The van der Waals surface area contributed by atoms with E-state index < -0.39 is 10.8 Å². The van der Waals surface area contributed by atoms with E-state index in [1.165, 1.54) is 123 Å². The summed E-state index contributed by atoms with van der Waals surface area (Å²) in [5, 5.41) is 0. The smallest absolute Gasteiger partial charge is 0.0726 e. The number of fused-ring (bicyclic) bond motifs is 23. The number of anilines is 3. The van der Waals surface area contributed by atoms with E-state index in [1.807, 2.05) is 0 Å². The van der Waals surface area contributed by atoms with E-state index in [9.17, 15) is 0 Å². The van der Waals surface area contributed by atoms with Crippen LogP contribution in [0.15, 0.2) is 224 Å². The highest BCUT2D eigenvalue weighted by Gasteiger charge is 2.54. The van der Waals surface area contributed by atoms with Gasteiger partial charge in [0.05, 0.1) is 22.2 Å². The van der Waals surface area contributed by atoms with Crippen molar-refractivity contribution in [2.75, 3.05) is 4.90 Å². The lowest BCUT2D eigenvalue weighted by Crippen LogP contribution is -2.27. The molecule has 5 aliphatic carbocycles. The summed E-state index contributed by atoms with van der Waals surface area (Å²) in [6.07, 6.45) is 0. The van der Waals surface area contributed by atoms with E-state index in [4.69, 9.17) is 0 Å². The van der Waals surface area contributed by atoms with Crippen LogP contribution in [-0.4, -0.2) is 0 Å². The van der Waals surface area contributed by atoms with E-state index >= 15 is 0 Å². The Balaban J connectivity index is 1.06.